The molecule has 202 valence electrons. The van der Waals surface area contributed by atoms with E-state index in [1.807, 2.05) is 0 Å². The molecule has 2 aromatic heterocycles. The summed E-state index contributed by atoms with van der Waals surface area (Å²) in [6.45, 7) is 4.64. The Kier molecular flexibility index (Phi) is 5.82. The van der Waals surface area contributed by atoms with Gasteiger partial charge in [0.15, 0.2) is 0 Å². The molecular weight excluding hydrogens is 510 g/mol. The number of hydrogen-bond acceptors (Lipinski definition) is 2. The molecular formula is C40H31NO. The van der Waals surface area contributed by atoms with Crippen LogP contribution < -0.4 is 0 Å². The summed E-state index contributed by atoms with van der Waals surface area (Å²) in [5.41, 5.74) is 8.96. The molecule has 0 amide bonds. The molecule has 0 fully saturated rings. The Bertz CT molecular complexity index is 2200. The van der Waals surface area contributed by atoms with Gasteiger partial charge in [-0.15, -0.1) is 0 Å². The quantitative estimate of drug-likeness (QED) is 0.221. The zero-order chi connectivity index (χ0) is 28.2. The smallest absolute Gasteiger partial charge is 0.140 e. The Labute approximate surface area is 245 Å². The van der Waals surface area contributed by atoms with Crippen LogP contribution in [0, 0.1) is 5.92 Å². The lowest BCUT2D eigenvalue weighted by Gasteiger charge is -2.26. The predicted molar refractivity (Wildman–Crippen MR) is 177 cm³/mol. The fourth-order valence-electron chi connectivity index (χ4n) is 6.89. The predicted octanol–water partition coefficient (Wildman–Crippen LogP) is 11.1. The van der Waals surface area contributed by atoms with Gasteiger partial charge in [0, 0.05) is 38.9 Å². The van der Waals surface area contributed by atoms with E-state index in [9.17, 15) is 0 Å². The van der Waals surface area contributed by atoms with Crippen molar-refractivity contribution in [2.75, 3.05) is 0 Å². The fourth-order valence-corrected chi connectivity index (χ4v) is 6.89. The van der Waals surface area contributed by atoms with Crippen molar-refractivity contribution < 1.29 is 4.42 Å². The molecule has 5 aromatic carbocycles. The second-order valence-electron chi connectivity index (χ2n) is 11.5. The van der Waals surface area contributed by atoms with Gasteiger partial charge in [-0.2, -0.15) is 0 Å². The van der Waals surface area contributed by atoms with Gasteiger partial charge in [0.2, 0.25) is 0 Å². The van der Waals surface area contributed by atoms with E-state index in [0.29, 0.717) is 5.92 Å². The maximum atomic E-state index is 6.83. The zero-order valence-corrected chi connectivity index (χ0v) is 23.8. The van der Waals surface area contributed by atoms with Crippen LogP contribution >= 0.6 is 0 Å². The van der Waals surface area contributed by atoms with Crippen molar-refractivity contribution in [3.63, 3.8) is 0 Å². The maximum absolute atomic E-state index is 6.83. The Hall–Kier alpha value is -4.95. The number of aromatic nitrogens is 1. The van der Waals surface area contributed by atoms with Gasteiger partial charge in [0.25, 0.3) is 0 Å². The number of rotatable bonds is 4. The third kappa shape index (κ3) is 3.83. The van der Waals surface area contributed by atoms with E-state index in [1.165, 1.54) is 43.6 Å². The first-order valence-electron chi connectivity index (χ1n) is 14.9. The summed E-state index contributed by atoms with van der Waals surface area (Å²) in [4.78, 5) is 5.42. The molecule has 2 unspecified atom stereocenters. The van der Waals surface area contributed by atoms with E-state index in [2.05, 4.69) is 141 Å². The summed E-state index contributed by atoms with van der Waals surface area (Å²) >= 11 is 0. The Balaban J connectivity index is 1.50. The summed E-state index contributed by atoms with van der Waals surface area (Å²) in [5, 5.41) is 7.23. The summed E-state index contributed by atoms with van der Waals surface area (Å²) in [6, 6.07) is 38.7. The molecule has 2 heterocycles. The minimum Gasteiger partial charge on any atom is -0.456 e. The highest BCUT2D eigenvalue weighted by atomic mass is 16.3. The first-order valence-corrected chi connectivity index (χ1v) is 14.9. The number of benzene rings is 5. The van der Waals surface area contributed by atoms with Gasteiger partial charge in [-0.1, -0.05) is 129 Å². The summed E-state index contributed by atoms with van der Waals surface area (Å²) in [7, 11) is 0. The molecule has 2 heteroatoms. The van der Waals surface area contributed by atoms with Crippen LogP contribution in [0.15, 0.2) is 132 Å². The first kappa shape index (κ1) is 24.8. The number of fused-ring (bicyclic) bond motifs is 6. The second-order valence-corrected chi connectivity index (χ2v) is 11.5. The van der Waals surface area contributed by atoms with Crippen molar-refractivity contribution in [2.45, 2.75) is 26.2 Å². The maximum Gasteiger partial charge on any atom is 0.140 e. The standard InChI is InChI=1S/C40H31NO/c1-25-14-6-8-18-29(25)37-31-20-10-11-21-32(31)38-33-22-12-13-23-35(33)42-40(38)36(37)26(2)34-24-28-17-7-9-19-30(28)39(41-34)27-15-4-3-5-16-27/h3-13,15-26H,14H2,1-2H3. The highest BCUT2D eigenvalue weighted by Gasteiger charge is 2.29. The molecule has 2 atom stereocenters. The van der Waals surface area contributed by atoms with Crippen LogP contribution in [-0.4, -0.2) is 4.98 Å². The zero-order valence-electron chi connectivity index (χ0n) is 23.8. The van der Waals surface area contributed by atoms with E-state index in [1.54, 1.807) is 0 Å². The highest BCUT2D eigenvalue weighted by Crippen LogP contribution is 2.48. The number of pyridine rings is 1. The third-order valence-corrected chi connectivity index (χ3v) is 8.98. The van der Waals surface area contributed by atoms with Crippen LogP contribution in [0.3, 0.4) is 0 Å². The van der Waals surface area contributed by atoms with Gasteiger partial charge in [-0.3, -0.25) is 4.98 Å². The molecule has 0 N–H and O–H groups in total. The van der Waals surface area contributed by atoms with Gasteiger partial charge in [-0.25, -0.2) is 0 Å². The van der Waals surface area contributed by atoms with E-state index >= 15 is 0 Å². The number of furan rings is 1. The third-order valence-electron chi connectivity index (χ3n) is 8.98. The molecule has 0 saturated heterocycles. The molecule has 0 spiro atoms. The molecule has 0 bridgehead atoms. The summed E-state index contributed by atoms with van der Waals surface area (Å²) < 4.78 is 6.83. The molecule has 2 nitrogen and oxygen atoms in total. The second kappa shape index (κ2) is 9.85. The summed E-state index contributed by atoms with van der Waals surface area (Å²) in [6.07, 6.45) is 7.82. The van der Waals surface area contributed by atoms with Crippen LogP contribution in [0.2, 0.25) is 0 Å². The molecule has 1 aliphatic rings. The van der Waals surface area contributed by atoms with Crippen molar-refractivity contribution >= 4 is 49.1 Å². The monoisotopic (exact) mass is 541 g/mol. The van der Waals surface area contributed by atoms with Gasteiger partial charge >= 0.3 is 0 Å². The lowest BCUT2D eigenvalue weighted by Crippen LogP contribution is -2.09. The van der Waals surface area contributed by atoms with E-state index < -0.39 is 0 Å². The number of hydrogen-bond donors (Lipinski definition) is 0. The summed E-state index contributed by atoms with van der Waals surface area (Å²) in [5.74, 6) is 0.384. The number of nitrogens with zero attached hydrogens (tertiary/aromatic N) is 1. The van der Waals surface area contributed by atoms with Gasteiger partial charge in [0.05, 0.1) is 5.69 Å². The minimum absolute atomic E-state index is 0.0151. The van der Waals surface area contributed by atoms with E-state index in [4.69, 9.17) is 9.40 Å². The molecule has 0 aliphatic heterocycles. The van der Waals surface area contributed by atoms with Crippen LogP contribution in [0.1, 0.15) is 43.0 Å². The topological polar surface area (TPSA) is 26.0 Å². The molecule has 0 saturated carbocycles. The van der Waals surface area contributed by atoms with Crippen LogP contribution in [0.25, 0.3) is 60.3 Å². The molecule has 8 rings (SSSR count). The van der Waals surface area contributed by atoms with Gasteiger partial charge in [-0.05, 0) is 51.8 Å². The normalized spacial score (nSPS) is 16.0. The Morgan fingerprint density at radius 1 is 0.762 bits per heavy atom. The highest BCUT2D eigenvalue weighted by molar-refractivity contribution is 6.22. The van der Waals surface area contributed by atoms with Crippen molar-refractivity contribution in [2.24, 2.45) is 5.92 Å². The van der Waals surface area contributed by atoms with Gasteiger partial charge in [0.1, 0.15) is 11.2 Å². The fraction of sp³-hybridized carbons (Fsp3) is 0.125. The number of para-hydroxylation sites is 1. The van der Waals surface area contributed by atoms with E-state index in [-0.39, 0.29) is 5.92 Å². The van der Waals surface area contributed by atoms with Crippen LogP contribution in [0.5, 0.6) is 0 Å². The molecule has 42 heavy (non-hydrogen) atoms. The van der Waals surface area contributed by atoms with Crippen molar-refractivity contribution in [1.82, 2.24) is 4.98 Å². The lowest BCUT2D eigenvalue weighted by atomic mass is 9.78. The van der Waals surface area contributed by atoms with Crippen LogP contribution in [-0.2, 0) is 0 Å². The average Bonchev–Trinajstić information content (AvgIpc) is 3.44. The molecule has 7 aromatic rings. The molecule has 1 aliphatic carbocycles. The van der Waals surface area contributed by atoms with Crippen molar-refractivity contribution in [1.29, 1.82) is 0 Å². The van der Waals surface area contributed by atoms with Gasteiger partial charge < -0.3 is 4.42 Å². The minimum atomic E-state index is -0.0151. The Morgan fingerprint density at radius 2 is 1.45 bits per heavy atom. The molecule has 0 radical (unpaired) electrons. The lowest BCUT2D eigenvalue weighted by molar-refractivity contribution is 0.657. The number of allylic oxidation sites excluding steroid dienone is 4. The SMILES string of the molecule is CC1CC=CC=C1c1c(C(C)c2cc3ccccc3c(-c3ccccc3)n2)c2oc3ccccc3c2c2ccccc12. The average molecular weight is 542 g/mol. The Morgan fingerprint density at radius 3 is 2.26 bits per heavy atom. The largest absolute Gasteiger partial charge is 0.456 e. The first-order chi connectivity index (χ1) is 20.7. The van der Waals surface area contributed by atoms with Crippen LogP contribution in [0.4, 0.5) is 0 Å². The van der Waals surface area contributed by atoms with Crippen molar-refractivity contribution in [3.05, 3.63) is 144 Å². The van der Waals surface area contributed by atoms with Crippen molar-refractivity contribution in [3.8, 4) is 11.3 Å². The van der Waals surface area contributed by atoms with E-state index in [0.717, 1.165) is 39.9 Å².